The zero-order valence-electron chi connectivity index (χ0n) is 11.1. The fraction of sp³-hybridized carbons (Fsp3) is 0.857. The summed E-state index contributed by atoms with van der Waals surface area (Å²) >= 11 is 0. The van der Waals surface area contributed by atoms with Crippen LogP contribution in [0.15, 0.2) is 0 Å². The van der Waals surface area contributed by atoms with Gasteiger partial charge in [0.1, 0.15) is 0 Å². The summed E-state index contributed by atoms with van der Waals surface area (Å²) in [5, 5.41) is 0. The molecule has 0 saturated carbocycles. The van der Waals surface area contributed by atoms with E-state index in [1.165, 1.54) is 19.3 Å². The van der Waals surface area contributed by atoms with Crippen molar-refractivity contribution in [3.05, 3.63) is 6.92 Å². The molecule has 0 aliphatic carbocycles. The van der Waals surface area contributed by atoms with Gasteiger partial charge in [0.2, 0.25) is 5.91 Å². The summed E-state index contributed by atoms with van der Waals surface area (Å²) in [5.41, 5.74) is 0. The molecule has 16 heavy (non-hydrogen) atoms. The van der Waals surface area contributed by atoms with Gasteiger partial charge in [0.25, 0.3) is 0 Å². The number of nitrogens with zero attached hydrogens (tertiary/aromatic N) is 1. The normalized spacial score (nSPS) is 10.4. The molecular weight excluding hydrogens is 198 g/mol. The summed E-state index contributed by atoms with van der Waals surface area (Å²) in [4.78, 5) is 13.6. The predicted molar refractivity (Wildman–Crippen MR) is 70.2 cm³/mol. The zero-order valence-corrected chi connectivity index (χ0v) is 11.1. The van der Waals surface area contributed by atoms with Crippen LogP contribution in [-0.4, -0.2) is 24.4 Å². The van der Waals surface area contributed by atoms with Gasteiger partial charge in [-0.15, -0.1) is 0 Å². The van der Waals surface area contributed by atoms with E-state index in [9.17, 15) is 4.79 Å². The topological polar surface area (TPSA) is 20.3 Å². The van der Waals surface area contributed by atoms with E-state index in [1.54, 1.807) is 0 Å². The van der Waals surface area contributed by atoms with Gasteiger partial charge in [-0.25, -0.2) is 0 Å². The predicted octanol–water partition coefficient (Wildman–Crippen LogP) is 3.81. The van der Waals surface area contributed by atoms with Crippen LogP contribution in [-0.2, 0) is 4.79 Å². The molecule has 0 atom stereocenters. The second-order valence-corrected chi connectivity index (χ2v) is 4.54. The number of hydrogen-bond acceptors (Lipinski definition) is 1. The molecule has 0 aliphatic heterocycles. The van der Waals surface area contributed by atoms with Gasteiger partial charge in [0, 0.05) is 20.0 Å². The van der Waals surface area contributed by atoms with Crippen LogP contribution in [0.2, 0.25) is 0 Å². The third kappa shape index (κ3) is 8.75. The van der Waals surface area contributed by atoms with E-state index in [1.807, 2.05) is 11.9 Å². The summed E-state index contributed by atoms with van der Waals surface area (Å²) in [7, 11) is 1.93. The fourth-order valence-electron chi connectivity index (χ4n) is 1.72. The van der Waals surface area contributed by atoms with Crippen LogP contribution in [0.5, 0.6) is 0 Å². The Kier molecular flexibility index (Phi) is 10.6. The number of rotatable bonds is 10. The first-order chi connectivity index (χ1) is 7.72. The molecule has 1 radical (unpaired) electrons. The third-order valence-electron chi connectivity index (χ3n) is 2.91. The average molecular weight is 226 g/mol. The number of carbonyl (C=O) groups is 1. The smallest absolute Gasteiger partial charge is 0.222 e. The number of amides is 1. The molecule has 0 aromatic carbocycles. The minimum Gasteiger partial charge on any atom is -0.346 e. The molecular formula is C14H28NO. The van der Waals surface area contributed by atoms with Crippen molar-refractivity contribution in [2.24, 2.45) is 0 Å². The van der Waals surface area contributed by atoms with Gasteiger partial charge >= 0.3 is 0 Å². The molecule has 2 heteroatoms. The fourth-order valence-corrected chi connectivity index (χ4v) is 1.72. The van der Waals surface area contributed by atoms with Crippen LogP contribution in [0, 0.1) is 6.92 Å². The summed E-state index contributed by atoms with van der Waals surface area (Å²) in [5.74, 6) is 0.306. The van der Waals surface area contributed by atoms with Crippen LogP contribution < -0.4 is 0 Å². The maximum Gasteiger partial charge on any atom is 0.222 e. The Morgan fingerprint density at radius 3 is 2.38 bits per heavy atom. The van der Waals surface area contributed by atoms with Gasteiger partial charge < -0.3 is 4.90 Å². The first-order valence-electron chi connectivity index (χ1n) is 6.75. The highest BCUT2D eigenvalue weighted by Crippen LogP contribution is 2.06. The van der Waals surface area contributed by atoms with Crippen molar-refractivity contribution in [2.75, 3.05) is 13.6 Å². The van der Waals surface area contributed by atoms with Gasteiger partial charge in [-0.3, -0.25) is 4.79 Å². The second kappa shape index (κ2) is 11.0. The van der Waals surface area contributed by atoms with Crippen molar-refractivity contribution in [3.8, 4) is 0 Å². The number of carbonyl (C=O) groups excluding carboxylic acids is 1. The quantitative estimate of drug-likeness (QED) is 0.519. The van der Waals surface area contributed by atoms with E-state index >= 15 is 0 Å². The molecule has 0 heterocycles. The zero-order chi connectivity index (χ0) is 12.2. The average Bonchev–Trinajstić information content (AvgIpc) is 2.29. The highest BCUT2D eigenvalue weighted by molar-refractivity contribution is 5.75. The second-order valence-electron chi connectivity index (χ2n) is 4.54. The van der Waals surface area contributed by atoms with Gasteiger partial charge in [0.15, 0.2) is 0 Å². The van der Waals surface area contributed by atoms with Crippen LogP contribution in [0.25, 0.3) is 0 Å². The molecule has 0 fully saturated rings. The van der Waals surface area contributed by atoms with Crippen molar-refractivity contribution >= 4 is 5.91 Å². The van der Waals surface area contributed by atoms with Crippen LogP contribution >= 0.6 is 0 Å². The Morgan fingerprint density at radius 2 is 1.75 bits per heavy atom. The van der Waals surface area contributed by atoms with Gasteiger partial charge in [-0.1, -0.05) is 52.4 Å². The third-order valence-corrected chi connectivity index (χ3v) is 2.91. The van der Waals surface area contributed by atoms with Crippen molar-refractivity contribution in [1.82, 2.24) is 4.90 Å². The van der Waals surface area contributed by atoms with Gasteiger partial charge in [-0.2, -0.15) is 0 Å². The molecule has 0 N–H and O–H groups in total. The Bertz CT molecular complexity index is 168. The molecule has 0 spiro atoms. The summed E-state index contributed by atoms with van der Waals surface area (Å²) in [6.45, 7) is 6.93. The molecule has 0 rings (SSSR count). The lowest BCUT2D eigenvalue weighted by atomic mass is 10.1. The maximum absolute atomic E-state index is 11.7. The standard InChI is InChI=1S/C14H28NO/c1-4-6-8-10-12-14(16)15(3)13-11-9-7-5-2/h1,4-13H2,2-3H3. The lowest BCUT2D eigenvalue weighted by Crippen LogP contribution is -2.27. The number of hydrogen-bond donors (Lipinski definition) is 0. The first kappa shape index (κ1) is 15.5. The molecule has 0 aromatic heterocycles. The Balaban J connectivity index is 3.42. The van der Waals surface area contributed by atoms with Gasteiger partial charge in [-0.05, 0) is 12.8 Å². The molecule has 0 saturated heterocycles. The van der Waals surface area contributed by atoms with Crippen molar-refractivity contribution in [1.29, 1.82) is 0 Å². The minimum atomic E-state index is 0.306. The van der Waals surface area contributed by atoms with Crippen molar-refractivity contribution < 1.29 is 4.79 Å². The van der Waals surface area contributed by atoms with Crippen molar-refractivity contribution in [3.63, 3.8) is 0 Å². The Morgan fingerprint density at radius 1 is 1.06 bits per heavy atom. The molecule has 0 bridgehead atoms. The first-order valence-corrected chi connectivity index (χ1v) is 6.75. The number of unbranched alkanes of at least 4 members (excludes halogenated alkanes) is 6. The maximum atomic E-state index is 11.7. The molecule has 0 aromatic rings. The SMILES string of the molecule is [CH2]CCCCCC(=O)N(C)CCCCCC. The molecule has 2 nitrogen and oxygen atoms in total. The van der Waals surface area contributed by atoms with Crippen LogP contribution in [0.1, 0.15) is 64.7 Å². The lowest BCUT2D eigenvalue weighted by Gasteiger charge is -2.16. The highest BCUT2D eigenvalue weighted by Gasteiger charge is 2.07. The van der Waals surface area contributed by atoms with Crippen LogP contribution in [0.3, 0.4) is 0 Å². The monoisotopic (exact) mass is 226 g/mol. The summed E-state index contributed by atoms with van der Waals surface area (Å²) < 4.78 is 0. The molecule has 1 amide bonds. The largest absolute Gasteiger partial charge is 0.346 e. The van der Waals surface area contributed by atoms with Crippen LogP contribution in [0.4, 0.5) is 0 Å². The Labute approximate surface area is 101 Å². The summed E-state index contributed by atoms with van der Waals surface area (Å²) in [6.07, 6.45) is 9.93. The molecule has 0 aliphatic rings. The molecule has 0 unspecified atom stereocenters. The molecule has 95 valence electrons. The Hall–Kier alpha value is -0.530. The van der Waals surface area contributed by atoms with Gasteiger partial charge in [0.05, 0.1) is 0 Å². The van der Waals surface area contributed by atoms with Crippen molar-refractivity contribution in [2.45, 2.75) is 64.7 Å². The highest BCUT2D eigenvalue weighted by atomic mass is 16.2. The summed E-state index contributed by atoms with van der Waals surface area (Å²) in [6, 6.07) is 0. The lowest BCUT2D eigenvalue weighted by molar-refractivity contribution is -0.130. The van der Waals surface area contributed by atoms with E-state index in [0.29, 0.717) is 12.3 Å². The van der Waals surface area contributed by atoms with E-state index in [0.717, 1.165) is 38.6 Å². The van der Waals surface area contributed by atoms with E-state index in [2.05, 4.69) is 13.8 Å². The van der Waals surface area contributed by atoms with E-state index < -0.39 is 0 Å². The van der Waals surface area contributed by atoms with E-state index in [4.69, 9.17) is 0 Å². The van der Waals surface area contributed by atoms with E-state index in [-0.39, 0.29) is 0 Å². The minimum absolute atomic E-state index is 0.306.